The summed E-state index contributed by atoms with van der Waals surface area (Å²) in [6.45, 7) is 7.16. The number of nitrogens with one attached hydrogen (secondary N) is 1. The highest BCUT2D eigenvalue weighted by Gasteiger charge is 2.40. The maximum atomic E-state index is 13.6. The summed E-state index contributed by atoms with van der Waals surface area (Å²) < 4.78 is 25.1. The molecule has 0 bridgehead atoms. The highest BCUT2D eigenvalue weighted by Crippen LogP contribution is 2.61. The van der Waals surface area contributed by atoms with Gasteiger partial charge in [0, 0.05) is 5.56 Å². The Morgan fingerprint density at radius 2 is 1.31 bits per heavy atom. The Labute approximate surface area is 155 Å². The van der Waals surface area contributed by atoms with Gasteiger partial charge in [-0.3, -0.25) is 9.36 Å². The number of hydrogen-bond acceptors (Lipinski definition) is 4. The molecular formula is C20H26NO4P. The number of rotatable bonds is 8. The Kier molecular flexibility index (Phi) is 7.15. The zero-order valence-corrected chi connectivity index (χ0v) is 16.5. The van der Waals surface area contributed by atoms with Gasteiger partial charge in [0.2, 0.25) is 0 Å². The van der Waals surface area contributed by atoms with Gasteiger partial charge in [-0.05, 0) is 45.4 Å². The third-order valence-electron chi connectivity index (χ3n) is 3.45. The monoisotopic (exact) mass is 375 g/mol. The molecule has 1 atom stereocenters. The van der Waals surface area contributed by atoms with Crippen LogP contribution in [0.15, 0.2) is 60.7 Å². The molecule has 26 heavy (non-hydrogen) atoms. The maximum absolute atomic E-state index is 13.6. The van der Waals surface area contributed by atoms with Gasteiger partial charge in [-0.1, -0.05) is 48.5 Å². The summed E-state index contributed by atoms with van der Waals surface area (Å²) in [6.07, 6.45) is -0.640. The summed E-state index contributed by atoms with van der Waals surface area (Å²) in [7, 11) is -3.67. The minimum absolute atomic E-state index is 0.320. The predicted octanol–water partition coefficient (Wildman–Crippen LogP) is 5.16. The van der Waals surface area contributed by atoms with Crippen LogP contribution in [0.2, 0.25) is 0 Å². The second-order valence-electron chi connectivity index (χ2n) is 6.50. The zero-order valence-electron chi connectivity index (χ0n) is 15.6. The van der Waals surface area contributed by atoms with E-state index < -0.39 is 13.4 Å². The van der Waals surface area contributed by atoms with Gasteiger partial charge >= 0.3 is 7.60 Å². The lowest BCUT2D eigenvalue weighted by molar-refractivity contribution is 0.0919. The van der Waals surface area contributed by atoms with E-state index in [-0.39, 0.29) is 18.1 Å². The second-order valence-corrected chi connectivity index (χ2v) is 8.52. The predicted molar refractivity (Wildman–Crippen MR) is 103 cm³/mol. The third-order valence-corrected chi connectivity index (χ3v) is 5.94. The second kappa shape index (κ2) is 9.13. The van der Waals surface area contributed by atoms with E-state index in [1.165, 1.54) is 0 Å². The van der Waals surface area contributed by atoms with Crippen LogP contribution < -0.4 is 5.32 Å². The van der Waals surface area contributed by atoms with Crippen molar-refractivity contribution in [1.82, 2.24) is 5.32 Å². The van der Waals surface area contributed by atoms with Crippen LogP contribution in [0.25, 0.3) is 0 Å². The molecule has 2 aromatic carbocycles. The molecule has 0 fully saturated rings. The van der Waals surface area contributed by atoms with Gasteiger partial charge in [-0.2, -0.15) is 0 Å². The first kappa shape index (κ1) is 20.4. The minimum atomic E-state index is -3.67. The Bertz CT molecular complexity index is 733. The fourth-order valence-corrected chi connectivity index (χ4v) is 4.79. The van der Waals surface area contributed by atoms with Crippen LogP contribution in [0, 0.1) is 0 Å². The van der Waals surface area contributed by atoms with Crippen molar-refractivity contribution in [3.8, 4) is 0 Å². The van der Waals surface area contributed by atoms with E-state index in [9.17, 15) is 9.36 Å². The normalized spacial score (nSPS) is 13.0. The van der Waals surface area contributed by atoms with Gasteiger partial charge in [0.15, 0.2) is 5.78 Å². The number of benzene rings is 2. The standard InChI is InChI=1S/C20H26NO4P/c1-15(2)24-26(23,25-16(3)4)20(18-13-9-6-10-14-18)21-19(22)17-11-7-5-8-12-17/h5-16,20H,1-4H3,(H,21,22). The fourth-order valence-electron chi connectivity index (χ4n) is 2.51. The Hall–Kier alpha value is -1.94. The maximum Gasteiger partial charge on any atom is 0.357 e. The van der Waals surface area contributed by atoms with E-state index in [4.69, 9.17) is 9.05 Å². The smallest absolute Gasteiger partial charge is 0.334 e. The van der Waals surface area contributed by atoms with E-state index in [2.05, 4.69) is 5.32 Å². The van der Waals surface area contributed by atoms with Crippen LogP contribution in [0.3, 0.4) is 0 Å². The molecule has 0 aliphatic rings. The Morgan fingerprint density at radius 1 is 0.846 bits per heavy atom. The van der Waals surface area contributed by atoms with E-state index in [1.54, 1.807) is 64.1 Å². The summed E-state index contributed by atoms with van der Waals surface area (Å²) in [6, 6.07) is 17.9. The number of carbonyl (C=O) groups excluding carboxylic acids is 1. The number of amides is 1. The summed E-state index contributed by atoms with van der Waals surface area (Å²) in [5, 5.41) is 2.85. The molecule has 2 aromatic rings. The first-order chi connectivity index (χ1) is 12.3. The average molecular weight is 375 g/mol. The molecule has 1 N–H and O–H groups in total. The zero-order chi connectivity index (χ0) is 19.2. The lowest BCUT2D eigenvalue weighted by Gasteiger charge is -2.30. The first-order valence-electron chi connectivity index (χ1n) is 8.69. The van der Waals surface area contributed by atoms with Gasteiger partial charge in [-0.15, -0.1) is 0 Å². The molecule has 0 saturated heterocycles. The SMILES string of the molecule is CC(C)OP(=O)(OC(C)C)C(NC(=O)c1ccccc1)c1ccccc1. The largest absolute Gasteiger partial charge is 0.357 e. The lowest BCUT2D eigenvalue weighted by atomic mass is 10.2. The molecule has 5 nitrogen and oxygen atoms in total. The van der Waals surface area contributed by atoms with Crippen LogP contribution in [0.1, 0.15) is 49.4 Å². The Balaban J connectivity index is 2.42. The quantitative estimate of drug-likeness (QED) is 0.648. The van der Waals surface area contributed by atoms with Crippen molar-refractivity contribution in [2.75, 3.05) is 0 Å². The van der Waals surface area contributed by atoms with Crippen LogP contribution in [0.5, 0.6) is 0 Å². The van der Waals surface area contributed by atoms with Crippen molar-refractivity contribution >= 4 is 13.5 Å². The molecule has 0 aliphatic heterocycles. The third kappa shape index (κ3) is 5.53. The van der Waals surface area contributed by atoms with Gasteiger partial charge in [-0.25, -0.2) is 0 Å². The van der Waals surface area contributed by atoms with E-state index in [1.807, 2.05) is 24.3 Å². The first-order valence-corrected chi connectivity index (χ1v) is 10.3. The molecule has 1 unspecified atom stereocenters. The molecule has 1 amide bonds. The van der Waals surface area contributed by atoms with Crippen molar-refractivity contribution in [3.63, 3.8) is 0 Å². The molecule has 2 rings (SSSR count). The number of carbonyl (C=O) groups is 1. The van der Waals surface area contributed by atoms with Gasteiger partial charge < -0.3 is 14.4 Å². The highest BCUT2D eigenvalue weighted by molar-refractivity contribution is 7.54. The highest BCUT2D eigenvalue weighted by atomic mass is 31.2. The lowest BCUT2D eigenvalue weighted by Crippen LogP contribution is -2.30. The van der Waals surface area contributed by atoms with Crippen LogP contribution in [0.4, 0.5) is 0 Å². The van der Waals surface area contributed by atoms with E-state index >= 15 is 0 Å². The minimum Gasteiger partial charge on any atom is -0.334 e. The molecule has 0 saturated carbocycles. The van der Waals surface area contributed by atoms with Gasteiger partial charge in [0.25, 0.3) is 5.91 Å². The van der Waals surface area contributed by atoms with Gasteiger partial charge in [0.05, 0.1) is 12.2 Å². The summed E-state index contributed by atoms with van der Waals surface area (Å²) >= 11 is 0. The van der Waals surface area contributed by atoms with Crippen molar-refractivity contribution in [3.05, 3.63) is 71.8 Å². The van der Waals surface area contributed by atoms with Crippen molar-refractivity contribution in [2.24, 2.45) is 0 Å². The van der Waals surface area contributed by atoms with Crippen molar-refractivity contribution < 1.29 is 18.4 Å². The van der Waals surface area contributed by atoms with Crippen LogP contribution in [-0.2, 0) is 13.6 Å². The molecular weight excluding hydrogens is 349 g/mol. The summed E-state index contributed by atoms with van der Waals surface area (Å²) in [5.74, 6) is -1.24. The van der Waals surface area contributed by atoms with Crippen molar-refractivity contribution in [1.29, 1.82) is 0 Å². The van der Waals surface area contributed by atoms with Gasteiger partial charge in [0.1, 0.15) is 0 Å². The summed E-state index contributed by atoms with van der Waals surface area (Å²) in [4.78, 5) is 12.7. The molecule has 6 heteroatoms. The molecule has 0 heterocycles. The van der Waals surface area contributed by atoms with Crippen LogP contribution in [-0.4, -0.2) is 18.1 Å². The van der Waals surface area contributed by atoms with Crippen LogP contribution >= 0.6 is 7.60 Å². The molecule has 0 aromatic heterocycles. The summed E-state index contributed by atoms with van der Waals surface area (Å²) in [5.41, 5.74) is 1.15. The number of hydrogen-bond donors (Lipinski definition) is 1. The molecule has 140 valence electrons. The molecule has 0 spiro atoms. The molecule has 0 radical (unpaired) electrons. The Morgan fingerprint density at radius 3 is 1.77 bits per heavy atom. The average Bonchev–Trinajstić information content (AvgIpc) is 2.59. The topological polar surface area (TPSA) is 64.6 Å². The van der Waals surface area contributed by atoms with E-state index in [0.717, 1.165) is 0 Å². The van der Waals surface area contributed by atoms with Crippen molar-refractivity contribution in [2.45, 2.75) is 45.7 Å². The fraction of sp³-hybridized carbons (Fsp3) is 0.350. The molecule has 0 aliphatic carbocycles. The van der Waals surface area contributed by atoms with E-state index in [0.29, 0.717) is 11.1 Å².